The van der Waals surface area contributed by atoms with Crippen molar-refractivity contribution in [2.24, 2.45) is 7.05 Å². The molecule has 1 aliphatic heterocycles. The number of aryl methyl sites for hydroxylation is 1. The van der Waals surface area contributed by atoms with Crippen LogP contribution in [-0.4, -0.2) is 56.6 Å². The van der Waals surface area contributed by atoms with Crippen molar-refractivity contribution in [1.29, 1.82) is 0 Å². The molecule has 8 nitrogen and oxygen atoms in total. The molecule has 1 aliphatic rings. The number of aliphatic hydroxyl groups is 1. The van der Waals surface area contributed by atoms with Crippen LogP contribution < -0.4 is 4.90 Å². The van der Waals surface area contributed by atoms with Gasteiger partial charge in [-0.3, -0.25) is 9.58 Å². The van der Waals surface area contributed by atoms with E-state index in [4.69, 9.17) is 4.52 Å². The average Bonchev–Trinajstić information content (AvgIpc) is 3.21. The number of nitrogens with zero attached hydrogens (tertiary/aromatic N) is 6. The van der Waals surface area contributed by atoms with Crippen LogP contribution in [0, 0.1) is 0 Å². The highest BCUT2D eigenvalue weighted by Crippen LogP contribution is 2.28. The summed E-state index contributed by atoms with van der Waals surface area (Å²) < 4.78 is 7.02. The van der Waals surface area contributed by atoms with Crippen LogP contribution in [0.4, 0.5) is 5.95 Å². The summed E-state index contributed by atoms with van der Waals surface area (Å²) in [5, 5.41) is 18.5. The lowest BCUT2D eigenvalue weighted by Crippen LogP contribution is -2.30. The predicted molar refractivity (Wildman–Crippen MR) is 84.8 cm³/mol. The van der Waals surface area contributed by atoms with Crippen LogP contribution in [0.15, 0.2) is 16.9 Å². The van der Waals surface area contributed by atoms with Gasteiger partial charge in [-0.05, 0) is 31.0 Å². The molecule has 126 valence electrons. The molecule has 0 aromatic carbocycles. The Morgan fingerprint density at radius 2 is 2.30 bits per heavy atom. The number of aliphatic hydroxyl groups excluding tert-OH is 1. The molecule has 0 spiro atoms. The van der Waals surface area contributed by atoms with E-state index >= 15 is 0 Å². The normalized spacial score (nSPS) is 20.1. The number of hydrogen-bond acceptors (Lipinski definition) is 7. The first-order valence-corrected chi connectivity index (χ1v) is 7.93. The topological polar surface area (TPSA) is 83.5 Å². The molecule has 0 amide bonds. The van der Waals surface area contributed by atoms with Crippen LogP contribution in [0.2, 0.25) is 0 Å². The van der Waals surface area contributed by atoms with Gasteiger partial charge >= 0.3 is 0 Å². The quantitative estimate of drug-likeness (QED) is 0.848. The third-order valence-corrected chi connectivity index (χ3v) is 4.30. The minimum Gasteiger partial charge on any atom is -0.388 e. The summed E-state index contributed by atoms with van der Waals surface area (Å²) in [5.74, 6) is 1.21. The maximum absolute atomic E-state index is 10.4. The van der Waals surface area contributed by atoms with Crippen molar-refractivity contribution in [2.45, 2.75) is 38.0 Å². The van der Waals surface area contributed by atoms with Crippen molar-refractivity contribution in [3.8, 4) is 0 Å². The Kier molecular flexibility index (Phi) is 4.63. The minimum atomic E-state index is -0.491. The number of hydrogen-bond donors (Lipinski definition) is 1. The van der Waals surface area contributed by atoms with E-state index in [2.05, 4.69) is 20.1 Å². The summed E-state index contributed by atoms with van der Waals surface area (Å²) in [6.45, 7) is 1.62. The van der Waals surface area contributed by atoms with Crippen LogP contribution in [-0.2, 0) is 13.6 Å². The van der Waals surface area contributed by atoms with Crippen LogP contribution in [0.25, 0.3) is 0 Å². The molecule has 2 atom stereocenters. The lowest BCUT2D eigenvalue weighted by atomic mass is 10.0. The molecule has 8 heteroatoms. The molecule has 1 saturated heterocycles. The highest BCUT2D eigenvalue weighted by Gasteiger charge is 2.29. The Balaban J connectivity index is 1.60. The van der Waals surface area contributed by atoms with E-state index in [0.29, 0.717) is 30.8 Å². The highest BCUT2D eigenvalue weighted by molar-refractivity contribution is 5.23. The predicted octanol–water partition coefficient (Wildman–Crippen LogP) is 0.957. The molecule has 0 saturated carbocycles. The van der Waals surface area contributed by atoms with E-state index < -0.39 is 6.10 Å². The molecule has 0 radical (unpaired) electrons. The second-order valence-corrected chi connectivity index (χ2v) is 6.35. The van der Waals surface area contributed by atoms with E-state index in [1.54, 1.807) is 10.9 Å². The van der Waals surface area contributed by atoms with Gasteiger partial charge in [-0.1, -0.05) is 0 Å². The maximum atomic E-state index is 10.4. The van der Waals surface area contributed by atoms with E-state index in [9.17, 15) is 5.11 Å². The SMILES string of the molecule is CN(C)c1noc(CN2CCC[C@@H]2C[C@@H](O)c2cnn(C)c2)n1. The van der Waals surface area contributed by atoms with E-state index in [0.717, 1.165) is 24.9 Å². The van der Waals surface area contributed by atoms with Crippen molar-refractivity contribution >= 4 is 5.95 Å². The average molecular weight is 320 g/mol. The number of rotatable bonds is 6. The molecule has 23 heavy (non-hydrogen) atoms. The van der Waals surface area contributed by atoms with Crippen molar-refractivity contribution in [1.82, 2.24) is 24.8 Å². The van der Waals surface area contributed by atoms with Crippen molar-refractivity contribution in [3.05, 3.63) is 23.8 Å². The minimum absolute atomic E-state index is 0.319. The molecule has 1 fully saturated rings. The molecular weight excluding hydrogens is 296 g/mol. The summed E-state index contributed by atoms with van der Waals surface area (Å²) in [5.41, 5.74) is 0.868. The number of likely N-dealkylation sites (tertiary alicyclic amines) is 1. The van der Waals surface area contributed by atoms with Crippen molar-refractivity contribution in [2.75, 3.05) is 25.5 Å². The number of anilines is 1. The molecule has 3 heterocycles. The Morgan fingerprint density at radius 1 is 1.48 bits per heavy atom. The molecule has 2 aromatic rings. The maximum Gasteiger partial charge on any atom is 0.265 e. The monoisotopic (exact) mass is 320 g/mol. The Morgan fingerprint density at radius 3 is 2.96 bits per heavy atom. The van der Waals surface area contributed by atoms with Crippen LogP contribution in [0.5, 0.6) is 0 Å². The van der Waals surface area contributed by atoms with Gasteiger partial charge in [0.2, 0.25) is 5.89 Å². The number of aromatic nitrogens is 4. The Hall–Kier alpha value is -1.93. The van der Waals surface area contributed by atoms with E-state index in [1.807, 2.05) is 32.2 Å². The molecule has 1 N–H and O–H groups in total. The third kappa shape index (κ3) is 3.70. The lowest BCUT2D eigenvalue weighted by molar-refractivity contribution is 0.112. The Labute approximate surface area is 135 Å². The summed E-state index contributed by atoms with van der Waals surface area (Å²) in [4.78, 5) is 8.51. The summed E-state index contributed by atoms with van der Waals surface area (Å²) in [6, 6.07) is 0.319. The van der Waals surface area contributed by atoms with Crippen LogP contribution in [0.1, 0.15) is 36.8 Å². The fourth-order valence-electron chi connectivity index (χ4n) is 3.04. The summed E-state index contributed by atoms with van der Waals surface area (Å²) in [7, 11) is 5.63. The summed E-state index contributed by atoms with van der Waals surface area (Å²) in [6.07, 6.45) is 6.00. The largest absolute Gasteiger partial charge is 0.388 e. The first kappa shape index (κ1) is 15.9. The molecule has 2 aromatic heterocycles. The zero-order valence-corrected chi connectivity index (χ0v) is 13.9. The molecule has 0 bridgehead atoms. The molecule has 3 rings (SSSR count). The van der Waals surface area contributed by atoms with Crippen molar-refractivity contribution < 1.29 is 9.63 Å². The van der Waals surface area contributed by atoms with Crippen molar-refractivity contribution in [3.63, 3.8) is 0 Å². The smallest absolute Gasteiger partial charge is 0.265 e. The van der Waals surface area contributed by atoms with Gasteiger partial charge in [0.1, 0.15) is 0 Å². The van der Waals surface area contributed by atoms with Gasteiger partial charge < -0.3 is 14.5 Å². The lowest BCUT2D eigenvalue weighted by Gasteiger charge is -2.24. The van der Waals surface area contributed by atoms with Gasteiger partial charge in [0.15, 0.2) is 0 Å². The standard InChI is InChI=1S/C15H24N6O2/c1-19(2)15-17-14(23-18-15)10-21-6-4-5-12(21)7-13(22)11-8-16-20(3)9-11/h8-9,12-13,22H,4-7,10H2,1-3H3/t12-,13-/m1/s1. The van der Waals surface area contributed by atoms with E-state index in [1.165, 1.54) is 0 Å². The second-order valence-electron chi connectivity index (χ2n) is 6.35. The van der Waals surface area contributed by atoms with Gasteiger partial charge in [-0.2, -0.15) is 10.1 Å². The second kappa shape index (κ2) is 6.67. The molecule has 0 aliphatic carbocycles. The van der Waals surface area contributed by atoms with E-state index in [-0.39, 0.29) is 0 Å². The Bertz CT molecular complexity index is 637. The zero-order valence-electron chi connectivity index (χ0n) is 13.9. The van der Waals surface area contributed by atoms with Gasteiger partial charge in [0, 0.05) is 38.9 Å². The summed E-state index contributed by atoms with van der Waals surface area (Å²) >= 11 is 0. The molecule has 0 unspecified atom stereocenters. The van der Waals surface area contributed by atoms with Gasteiger partial charge in [0.05, 0.1) is 18.8 Å². The zero-order chi connectivity index (χ0) is 16.4. The third-order valence-electron chi connectivity index (χ3n) is 4.30. The van der Waals surface area contributed by atoms with Gasteiger partial charge in [0.25, 0.3) is 5.95 Å². The molecular formula is C15H24N6O2. The van der Waals surface area contributed by atoms with Crippen LogP contribution in [0.3, 0.4) is 0 Å². The highest BCUT2D eigenvalue weighted by atomic mass is 16.5. The first-order valence-electron chi connectivity index (χ1n) is 7.93. The fraction of sp³-hybridized carbons (Fsp3) is 0.667. The fourth-order valence-corrected chi connectivity index (χ4v) is 3.04. The van der Waals surface area contributed by atoms with Crippen LogP contribution >= 0.6 is 0 Å². The van der Waals surface area contributed by atoms with Gasteiger partial charge in [-0.25, -0.2) is 0 Å². The first-order chi connectivity index (χ1) is 11.0. The van der Waals surface area contributed by atoms with Gasteiger partial charge in [-0.15, -0.1) is 0 Å².